The van der Waals surface area contributed by atoms with Crippen LogP contribution in [-0.2, 0) is 0 Å². The zero-order valence-electron chi connectivity index (χ0n) is 8.44. The summed E-state index contributed by atoms with van der Waals surface area (Å²) < 4.78 is 13.4. The third kappa shape index (κ3) is 1.97. The van der Waals surface area contributed by atoms with Gasteiger partial charge < -0.3 is 5.11 Å². The molecule has 2 rings (SSSR count). The van der Waals surface area contributed by atoms with Gasteiger partial charge in [0, 0.05) is 18.2 Å². The molecule has 0 bridgehead atoms. The number of aliphatic hydroxyl groups excluding tert-OH is 1. The van der Waals surface area contributed by atoms with E-state index in [-0.39, 0.29) is 5.82 Å². The molecule has 0 saturated carbocycles. The molecule has 2 nitrogen and oxygen atoms in total. The maximum Gasteiger partial charge on any atom is 0.132 e. The number of hydrogen-bond donors (Lipinski definition) is 1. The van der Waals surface area contributed by atoms with Crippen LogP contribution in [0.4, 0.5) is 4.39 Å². The maximum absolute atomic E-state index is 13.4. The average molecular weight is 205 g/mol. The van der Waals surface area contributed by atoms with Gasteiger partial charge in [-0.1, -0.05) is 18.2 Å². The summed E-state index contributed by atoms with van der Waals surface area (Å²) in [6.07, 6.45) is 1.63. The van der Waals surface area contributed by atoms with Gasteiger partial charge in [-0.3, -0.25) is 4.99 Å². The van der Waals surface area contributed by atoms with Crippen LogP contribution in [0.5, 0.6) is 0 Å². The van der Waals surface area contributed by atoms with Crippen LogP contribution in [0.3, 0.4) is 0 Å². The Kier molecular flexibility index (Phi) is 2.64. The van der Waals surface area contributed by atoms with E-state index >= 15 is 0 Å². The summed E-state index contributed by atoms with van der Waals surface area (Å²) in [5.74, 6) is -0.267. The van der Waals surface area contributed by atoms with Gasteiger partial charge in [0.05, 0.1) is 11.8 Å². The molecule has 1 aliphatic heterocycles. The maximum atomic E-state index is 13.4. The van der Waals surface area contributed by atoms with Gasteiger partial charge in [0.2, 0.25) is 0 Å². The number of aliphatic hydroxyl groups is 1. The molecule has 0 aromatic heterocycles. The molecule has 1 aromatic carbocycles. The molecule has 0 fully saturated rings. The van der Waals surface area contributed by atoms with Crippen molar-refractivity contribution in [1.82, 2.24) is 0 Å². The van der Waals surface area contributed by atoms with Crippen LogP contribution in [0.2, 0.25) is 0 Å². The average Bonchev–Trinajstić information content (AvgIpc) is 2.67. The Hall–Kier alpha value is -1.48. The monoisotopic (exact) mass is 205 g/mol. The van der Waals surface area contributed by atoms with E-state index in [1.54, 1.807) is 31.3 Å². The number of halogens is 1. The topological polar surface area (TPSA) is 32.6 Å². The normalized spacial score (nSPS) is 17.3. The summed E-state index contributed by atoms with van der Waals surface area (Å²) in [5.41, 5.74) is 2.03. The van der Waals surface area contributed by atoms with E-state index in [1.807, 2.05) is 0 Å². The molecule has 0 aliphatic carbocycles. The lowest BCUT2D eigenvalue weighted by Crippen LogP contribution is -2.07. The quantitative estimate of drug-likeness (QED) is 0.789. The molecule has 1 atom stereocenters. The zero-order chi connectivity index (χ0) is 10.8. The van der Waals surface area contributed by atoms with Crippen LogP contribution in [0.15, 0.2) is 41.0 Å². The Morgan fingerprint density at radius 1 is 1.40 bits per heavy atom. The Morgan fingerprint density at radius 3 is 2.73 bits per heavy atom. The van der Waals surface area contributed by atoms with Crippen molar-refractivity contribution in [3.05, 3.63) is 47.4 Å². The summed E-state index contributed by atoms with van der Waals surface area (Å²) >= 11 is 0. The van der Waals surface area contributed by atoms with Crippen LogP contribution in [0, 0.1) is 5.82 Å². The summed E-state index contributed by atoms with van der Waals surface area (Å²) in [5, 5.41) is 9.35. The van der Waals surface area contributed by atoms with E-state index in [1.165, 1.54) is 6.07 Å². The van der Waals surface area contributed by atoms with Crippen molar-refractivity contribution < 1.29 is 9.50 Å². The summed E-state index contributed by atoms with van der Waals surface area (Å²) in [7, 11) is 0. The fourth-order valence-electron chi connectivity index (χ4n) is 1.56. The molecule has 15 heavy (non-hydrogen) atoms. The third-order valence-corrected chi connectivity index (χ3v) is 2.48. The smallest absolute Gasteiger partial charge is 0.132 e. The van der Waals surface area contributed by atoms with Crippen molar-refractivity contribution in [3.63, 3.8) is 0 Å². The zero-order valence-corrected chi connectivity index (χ0v) is 8.44. The Labute approximate surface area is 87.8 Å². The highest BCUT2D eigenvalue weighted by Crippen LogP contribution is 2.21. The number of benzene rings is 1. The van der Waals surface area contributed by atoms with E-state index in [0.29, 0.717) is 17.7 Å². The number of rotatable bonds is 2. The number of nitrogens with zero attached hydrogens (tertiary/aromatic N) is 1. The molecule has 3 heteroatoms. The van der Waals surface area contributed by atoms with Crippen molar-refractivity contribution in [2.24, 2.45) is 4.99 Å². The highest BCUT2D eigenvalue weighted by atomic mass is 19.1. The number of aliphatic imine (C=N–C) groups is 1. The molecule has 0 spiro atoms. The van der Waals surface area contributed by atoms with E-state index in [0.717, 1.165) is 5.57 Å². The third-order valence-electron chi connectivity index (χ3n) is 2.48. The minimum absolute atomic E-state index is 0.267. The second kappa shape index (κ2) is 3.95. The fourth-order valence-corrected chi connectivity index (χ4v) is 1.56. The van der Waals surface area contributed by atoms with E-state index in [4.69, 9.17) is 0 Å². The summed E-state index contributed by atoms with van der Waals surface area (Å²) in [4.78, 5) is 4.12. The van der Waals surface area contributed by atoms with Crippen LogP contribution in [0.1, 0.15) is 18.9 Å². The van der Waals surface area contributed by atoms with Gasteiger partial charge >= 0.3 is 0 Å². The lowest BCUT2D eigenvalue weighted by molar-refractivity contribution is 0.230. The summed E-state index contributed by atoms with van der Waals surface area (Å²) in [6.45, 7) is 1.69. The van der Waals surface area contributed by atoms with Crippen molar-refractivity contribution in [2.75, 3.05) is 0 Å². The first-order chi connectivity index (χ1) is 7.18. The van der Waals surface area contributed by atoms with E-state index < -0.39 is 6.10 Å². The second-order valence-electron chi connectivity index (χ2n) is 3.61. The van der Waals surface area contributed by atoms with E-state index in [2.05, 4.69) is 4.99 Å². The highest BCUT2D eigenvalue weighted by Gasteiger charge is 2.17. The van der Waals surface area contributed by atoms with E-state index in [9.17, 15) is 9.50 Å². The first-order valence-electron chi connectivity index (χ1n) is 4.87. The van der Waals surface area contributed by atoms with Crippen molar-refractivity contribution >= 4 is 5.71 Å². The Balaban J connectivity index is 2.21. The molecular weight excluding hydrogens is 193 g/mol. The fraction of sp³-hybridized carbons (Fsp3) is 0.250. The van der Waals surface area contributed by atoms with Gasteiger partial charge in [-0.25, -0.2) is 4.39 Å². The largest absolute Gasteiger partial charge is 0.389 e. The van der Waals surface area contributed by atoms with Crippen molar-refractivity contribution in [1.29, 1.82) is 0 Å². The lowest BCUT2D eigenvalue weighted by atomic mass is 10.0. The minimum atomic E-state index is -0.516. The van der Waals surface area contributed by atoms with Crippen LogP contribution < -0.4 is 0 Å². The lowest BCUT2D eigenvalue weighted by Gasteiger charge is -2.06. The standard InChI is InChI=1S/C12H12FNO/c1-8(15)9-6-12(14-7-9)10-4-2-3-5-11(10)13/h2-5,7-8,15H,6H2,1H3. The molecule has 1 aromatic rings. The molecule has 0 saturated heterocycles. The molecule has 1 heterocycles. The molecule has 1 aliphatic rings. The van der Waals surface area contributed by atoms with Gasteiger partial charge in [0.15, 0.2) is 0 Å². The van der Waals surface area contributed by atoms with Gasteiger partial charge in [0.25, 0.3) is 0 Å². The van der Waals surface area contributed by atoms with Gasteiger partial charge in [0.1, 0.15) is 5.82 Å². The molecule has 1 N–H and O–H groups in total. The minimum Gasteiger partial charge on any atom is -0.389 e. The summed E-state index contributed by atoms with van der Waals surface area (Å²) in [6, 6.07) is 6.55. The predicted octanol–water partition coefficient (Wildman–Crippen LogP) is 2.28. The molecular formula is C12H12FNO. The van der Waals surface area contributed by atoms with Crippen molar-refractivity contribution in [2.45, 2.75) is 19.4 Å². The molecule has 78 valence electrons. The highest BCUT2D eigenvalue weighted by molar-refractivity contribution is 6.03. The molecule has 1 unspecified atom stereocenters. The Bertz CT molecular complexity index is 435. The van der Waals surface area contributed by atoms with Gasteiger partial charge in [-0.2, -0.15) is 0 Å². The van der Waals surface area contributed by atoms with Gasteiger partial charge in [-0.05, 0) is 18.6 Å². The SMILES string of the molecule is CC(O)C1=CN=C(c2ccccc2F)C1. The van der Waals surface area contributed by atoms with Crippen LogP contribution in [-0.4, -0.2) is 16.9 Å². The van der Waals surface area contributed by atoms with Gasteiger partial charge in [-0.15, -0.1) is 0 Å². The first kappa shape index (κ1) is 10.1. The van der Waals surface area contributed by atoms with Crippen LogP contribution in [0.25, 0.3) is 0 Å². The number of hydrogen-bond acceptors (Lipinski definition) is 2. The Morgan fingerprint density at radius 2 is 2.13 bits per heavy atom. The predicted molar refractivity (Wildman–Crippen MR) is 57.3 cm³/mol. The molecule has 0 amide bonds. The van der Waals surface area contributed by atoms with Crippen molar-refractivity contribution in [3.8, 4) is 0 Å². The first-order valence-corrected chi connectivity index (χ1v) is 4.87. The molecule has 0 radical (unpaired) electrons. The van der Waals surface area contributed by atoms with Crippen LogP contribution >= 0.6 is 0 Å². The second-order valence-corrected chi connectivity index (χ2v) is 3.61.